The molecule has 2 aliphatic heterocycles. The van der Waals surface area contributed by atoms with Gasteiger partial charge in [0.1, 0.15) is 11.9 Å². The lowest BCUT2D eigenvalue weighted by atomic mass is 10.2. The largest absolute Gasteiger partial charge is 0.376 e. The fourth-order valence-corrected chi connectivity index (χ4v) is 3.15. The zero-order valence-corrected chi connectivity index (χ0v) is 14.2. The normalized spacial score (nSPS) is 22.4. The monoisotopic (exact) mass is 322 g/mol. The Labute approximate surface area is 137 Å². The van der Waals surface area contributed by atoms with Crippen LogP contribution < -0.4 is 0 Å². The minimum absolute atomic E-state index is 0.0170. The minimum atomic E-state index is -0.446. The van der Waals surface area contributed by atoms with Crippen molar-refractivity contribution >= 4 is 5.91 Å². The summed E-state index contributed by atoms with van der Waals surface area (Å²) in [7, 11) is 0. The molecule has 3 rings (SSSR count). The molecule has 1 aromatic rings. The third kappa shape index (κ3) is 3.55. The number of carbonyl (C=O) groups excluding carboxylic acids is 1. The highest BCUT2D eigenvalue weighted by atomic mass is 16.5. The van der Waals surface area contributed by atoms with Gasteiger partial charge in [-0.25, -0.2) is 0 Å². The van der Waals surface area contributed by atoms with Gasteiger partial charge in [-0.1, -0.05) is 13.8 Å². The quantitative estimate of drug-likeness (QED) is 0.818. The molecule has 2 aliphatic rings. The third-order valence-electron chi connectivity index (χ3n) is 4.51. The van der Waals surface area contributed by atoms with Gasteiger partial charge in [-0.05, 0) is 19.8 Å². The summed E-state index contributed by atoms with van der Waals surface area (Å²) in [6.45, 7) is 9.26. The Bertz CT molecular complexity index is 552. The van der Waals surface area contributed by atoms with Crippen LogP contribution in [-0.2, 0) is 27.4 Å². The Morgan fingerprint density at radius 3 is 2.87 bits per heavy atom. The van der Waals surface area contributed by atoms with Crippen molar-refractivity contribution in [1.29, 1.82) is 0 Å². The first-order valence-electron chi connectivity index (χ1n) is 8.50. The van der Waals surface area contributed by atoms with E-state index in [-0.39, 0.29) is 12.0 Å². The first-order valence-corrected chi connectivity index (χ1v) is 8.50. The average Bonchev–Trinajstić information content (AvgIpc) is 3.20. The Morgan fingerprint density at radius 2 is 2.17 bits per heavy atom. The highest BCUT2D eigenvalue weighted by Crippen LogP contribution is 2.19. The Kier molecular flexibility index (Phi) is 4.96. The van der Waals surface area contributed by atoms with E-state index >= 15 is 0 Å². The molecule has 0 unspecified atom stereocenters. The van der Waals surface area contributed by atoms with Crippen molar-refractivity contribution in [2.45, 2.75) is 64.8 Å². The van der Waals surface area contributed by atoms with Crippen LogP contribution in [-0.4, -0.2) is 57.5 Å². The lowest BCUT2D eigenvalue weighted by molar-refractivity contribution is -0.146. The van der Waals surface area contributed by atoms with Crippen molar-refractivity contribution in [1.82, 2.24) is 19.7 Å². The maximum atomic E-state index is 12.6. The van der Waals surface area contributed by atoms with Crippen LogP contribution in [0.3, 0.4) is 0 Å². The van der Waals surface area contributed by atoms with E-state index < -0.39 is 6.10 Å². The van der Waals surface area contributed by atoms with Crippen LogP contribution >= 0.6 is 0 Å². The number of fused-ring (bicyclic) bond motifs is 1. The molecule has 1 amide bonds. The van der Waals surface area contributed by atoms with Gasteiger partial charge in [-0.2, -0.15) is 0 Å². The van der Waals surface area contributed by atoms with E-state index in [9.17, 15) is 4.79 Å². The van der Waals surface area contributed by atoms with Crippen molar-refractivity contribution in [2.75, 3.05) is 19.8 Å². The summed E-state index contributed by atoms with van der Waals surface area (Å²) in [5, 5.41) is 8.49. The number of amides is 1. The maximum absolute atomic E-state index is 12.6. The molecule has 1 aromatic heterocycles. The van der Waals surface area contributed by atoms with Gasteiger partial charge in [-0.15, -0.1) is 10.2 Å². The third-order valence-corrected chi connectivity index (χ3v) is 4.51. The van der Waals surface area contributed by atoms with Gasteiger partial charge in [0.05, 0.1) is 19.3 Å². The molecule has 23 heavy (non-hydrogen) atoms. The molecule has 1 saturated heterocycles. The highest BCUT2D eigenvalue weighted by Gasteiger charge is 2.29. The summed E-state index contributed by atoms with van der Waals surface area (Å²) < 4.78 is 13.4. The maximum Gasteiger partial charge on any atom is 0.251 e. The summed E-state index contributed by atoms with van der Waals surface area (Å²) in [5.74, 6) is 2.21. The van der Waals surface area contributed by atoms with E-state index in [1.165, 1.54) is 0 Å². The van der Waals surface area contributed by atoms with Gasteiger partial charge in [0.25, 0.3) is 5.91 Å². The van der Waals surface area contributed by atoms with Crippen LogP contribution in [0.4, 0.5) is 0 Å². The highest BCUT2D eigenvalue weighted by molar-refractivity contribution is 5.80. The van der Waals surface area contributed by atoms with Crippen LogP contribution in [0.25, 0.3) is 0 Å². The Hall–Kier alpha value is -1.47. The number of ether oxygens (including phenoxy) is 2. The van der Waals surface area contributed by atoms with E-state index in [2.05, 4.69) is 28.6 Å². The van der Waals surface area contributed by atoms with Crippen molar-refractivity contribution in [2.24, 2.45) is 0 Å². The zero-order chi connectivity index (χ0) is 16.4. The average molecular weight is 322 g/mol. The van der Waals surface area contributed by atoms with Gasteiger partial charge < -0.3 is 18.9 Å². The number of carbonyl (C=O) groups is 1. The van der Waals surface area contributed by atoms with Crippen LogP contribution in [0.5, 0.6) is 0 Å². The SMILES string of the molecule is CC(C)c1nnc2n1CCN(C(=O)[C@@H](C)OC[C@@H]1CCCO1)C2. The standard InChI is InChI=1S/C16H26N4O3/c1-11(2)15-18-17-14-9-19(6-7-20(14)15)16(21)12(3)23-10-13-5-4-8-22-13/h11-13H,4-10H2,1-3H3/t12-,13+/m1/s1. The van der Waals surface area contributed by atoms with Crippen molar-refractivity contribution < 1.29 is 14.3 Å². The van der Waals surface area contributed by atoms with E-state index in [1.54, 1.807) is 0 Å². The molecule has 0 spiro atoms. The molecule has 0 radical (unpaired) electrons. The Balaban J connectivity index is 1.55. The molecular formula is C16H26N4O3. The van der Waals surface area contributed by atoms with Gasteiger partial charge >= 0.3 is 0 Å². The van der Waals surface area contributed by atoms with Gasteiger partial charge in [-0.3, -0.25) is 4.79 Å². The molecule has 2 atom stereocenters. The first-order chi connectivity index (χ1) is 11.1. The predicted molar refractivity (Wildman–Crippen MR) is 83.9 cm³/mol. The second-order valence-corrected chi connectivity index (χ2v) is 6.65. The minimum Gasteiger partial charge on any atom is -0.376 e. The van der Waals surface area contributed by atoms with Crippen molar-refractivity contribution in [3.8, 4) is 0 Å². The van der Waals surface area contributed by atoms with E-state index in [4.69, 9.17) is 9.47 Å². The second kappa shape index (κ2) is 6.97. The molecule has 0 bridgehead atoms. The lowest BCUT2D eigenvalue weighted by Gasteiger charge is -2.30. The summed E-state index contributed by atoms with van der Waals surface area (Å²) in [5.41, 5.74) is 0. The molecule has 0 saturated carbocycles. The molecule has 7 nitrogen and oxygen atoms in total. The molecule has 0 aromatic carbocycles. The number of rotatable bonds is 5. The summed E-state index contributed by atoms with van der Waals surface area (Å²) in [6, 6.07) is 0. The molecule has 0 N–H and O–H groups in total. The van der Waals surface area contributed by atoms with Gasteiger partial charge in [0.2, 0.25) is 0 Å². The van der Waals surface area contributed by atoms with Gasteiger partial charge in [0.15, 0.2) is 5.82 Å². The summed E-state index contributed by atoms with van der Waals surface area (Å²) >= 11 is 0. The molecular weight excluding hydrogens is 296 g/mol. The number of aromatic nitrogens is 3. The van der Waals surface area contributed by atoms with E-state index in [0.717, 1.165) is 37.6 Å². The number of nitrogens with zero attached hydrogens (tertiary/aromatic N) is 4. The number of hydrogen-bond donors (Lipinski definition) is 0. The smallest absolute Gasteiger partial charge is 0.251 e. The first kappa shape index (κ1) is 16.4. The van der Waals surface area contributed by atoms with E-state index in [1.807, 2.05) is 11.8 Å². The second-order valence-electron chi connectivity index (χ2n) is 6.65. The van der Waals surface area contributed by atoms with E-state index in [0.29, 0.717) is 25.6 Å². The van der Waals surface area contributed by atoms with Gasteiger partial charge in [0, 0.05) is 25.6 Å². The molecule has 7 heteroatoms. The van der Waals surface area contributed by atoms with Crippen LogP contribution in [0, 0.1) is 0 Å². The summed E-state index contributed by atoms with van der Waals surface area (Å²) in [4.78, 5) is 14.4. The zero-order valence-electron chi connectivity index (χ0n) is 14.2. The summed E-state index contributed by atoms with van der Waals surface area (Å²) in [6.07, 6.45) is 1.80. The topological polar surface area (TPSA) is 69.5 Å². The predicted octanol–water partition coefficient (Wildman–Crippen LogP) is 1.33. The van der Waals surface area contributed by atoms with Crippen molar-refractivity contribution in [3.63, 3.8) is 0 Å². The lowest BCUT2D eigenvalue weighted by Crippen LogP contribution is -2.44. The molecule has 0 aliphatic carbocycles. The molecule has 3 heterocycles. The van der Waals surface area contributed by atoms with Crippen LogP contribution in [0.1, 0.15) is 51.2 Å². The Morgan fingerprint density at radius 1 is 1.35 bits per heavy atom. The molecule has 128 valence electrons. The fourth-order valence-electron chi connectivity index (χ4n) is 3.15. The fraction of sp³-hybridized carbons (Fsp3) is 0.812. The van der Waals surface area contributed by atoms with Crippen LogP contribution in [0.2, 0.25) is 0 Å². The van der Waals surface area contributed by atoms with Crippen LogP contribution in [0.15, 0.2) is 0 Å². The molecule has 1 fully saturated rings. The van der Waals surface area contributed by atoms with Crippen molar-refractivity contribution in [3.05, 3.63) is 11.6 Å². The number of hydrogen-bond acceptors (Lipinski definition) is 5.